The predicted octanol–water partition coefficient (Wildman–Crippen LogP) is 3.38. The molecule has 1 amide bonds. The maximum Gasteiger partial charge on any atom is 0.251 e. The van der Waals surface area contributed by atoms with Gasteiger partial charge in [-0.25, -0.2) is 4.98 Å². The number of nitrogens with one attached hydrogen (secondary N) is 3. The molecule has 0 bridgehead atoms. The molecule has 0 unspecified atom stereocenters. The molecule has 0 saturated heterocycles. The normalized spacial score (nSPS) is 10.9. The van der Waals surface area contributed by atoms with Crippen molar-refractivity contribution in [2.75, 3.05) is 13.6 Å². The number of amides is 1. The standard InChI is InChI=1S/C19H27N5OS.HI/c1-5-9-21-18(25)16-8-6-7-15(10-16)11-22-19(20-4)23-12-17-13(2)24-14(3)26-17;/h6-8,10H,5,9,11-12H2,1-4H3,(H,21,25)(H2,20,22,23);1H. The highest BCUT2D eigenvalue weighted by molar-refractivity contribution is 14.0. The van der Waals surface area contributed by atoms with Crippen LogP contribution >= 0.6 is 35.3 Å². The lowest BCUT2D eigenvalue weighted by molar-refractivity contribution is 0.0953. The number of halogens is 1. The molecule has 0 fully saturated rings. The van der Waals surface area contributed by atoms with Gasteiger partial charge in [-0.2, -0.15) is 0 Å². The Labute approximate surface area is 182 Å². The van der Waals surface area contributed by atoms with E-state index in [1.54, 1.807) is 18.4 Å². The van der Waals surface area contributed by atoms with E-state index >= 15 is 0 Å². The Morgan fingerprint density at radius 3 is 2.56 bits per heavy atom. The number of thiazole rings is 1. The maximum absolute atomic E-state index is 12.1. The van der Waals surface area contributed by atoms with Gasteiger partial charge in [0.15, 0.2) is 5.96 Å². The highest BCUT2D eigenvalue weighted by Crippen LogP contribution is 2.16. The first-order valence-corrected chi connectivity index (χ1v) is 9.59. The summed E-state index contributed by atoms with van der Waals surface area (Å²) in [5.41, 5.74) is 2.76. The number of aliphatic imine (C=N–C) groups is 1. The van der Waals surface area contributed by atoms with Crippen molar-refractivity contribution in [2.24, 2.45) is 4.99 Å². The average Bonchev–Trinajstić information content (AvgIpc) is 2.97. The molecule has 1 aromatic carbocycles. The summed E-state index contributed by atoms with van der Waals surface area (Å²) in [4.78, 5) is 22.0. The fourth-order valence-corrected chi connectivity index (χ4v) is 3.35. The van der Waals surface area contributed by atoms with Gasteiger partial charge in [0.1, 0.15) is 0 Å². The number of aryl methyl sites for hydroxylation is 2. The summed E-state index contributed by atoms with van der Waals surface area (Å²) >= 11 is 1.69. The van der Waals surface area contributed by atoms with Crippen LogP contribution in [0.1, 0.15) is 44.8 Å². The first kappa shape index (κ1) is 23.4. The van der Waals surface area contributed by atoms with Gasteiger partial charge in [-0.15, -0.1) is 35.3 Å². The Morgan fingerprint density at radius 1 is 1.19 bits per heavy atom. The van der Waals surface area contributed by atoms with Crippen molar-refractivity contribution in [3.8, 4) is 0 Å². The van der Waals surface area contributed by atoms with Crippen molar-refractivity contribution in [1.29, 1.82) is 0 Å². The van der Waals surface area contributed by atoms with Gasteiger partial charge < -0.3 is 16.0 Å². The van der Waals surface area contributed by atoms with Crippen molar-refractivity contribution >= 4 is 47.2 Å². The minimum atomic E-state index is -0.0350. The van der Waals surface area contributed by atoms with E-state index in [0.29, 0.717) is 25.2 Å². The van der Waals surface area contributed by atoms with Crippen molar-refractivity contribution in [1.82, 2.24) is 20.9 Å². The van der Waals surface area contributed by atoms with E-state index in [0.717, 1.165) is 28.6 Å². The van der Waals surface area contributed by atoms with Gasteiger partial charge in [0.25, 0.3) is 5.91 Å². The molecule has 1 heterocycles. The van der Waals surface area contributed by atoms with Crippen LogP contribution in [0.15, 0.2) is 29.3 Å². The van der Waals surface area contributed by atoms with Crippen LogP contribution in [0.3, 0.4) is 0 Å². The number of carbonyl (C=O) groups is 1. The van der Waals surface area contributed by atoms with Crippen LogP contribution < -0.4 is 16.0 Å². The summed E-state index contributed by atoms with van der Waals surface area (Å²) in [7, 11) is 1.74. The number of carbonyl (C=O) groups excluding carboxylic acids is 1. The van der Waals surface area contributed by atoms with E-state index in [4.69, 9.17) is 0 Å². The van der Waals surface area contributed by atoms with Gasteiger partial charge in [-0.05, 0) is 38.0 Å². The first-order chi connectivity index (χ1) is 12.5. The molecule has 0 spiro atoms. The minimum absolute atomic E-state index is 0. The van der Waals surface area contributed by atoms with Crippen molar-refractivity contribution in [3.63, 3.8) is 0 Å². The van der Waals surface area contributed by atoms with Crippen LogP contribution in [0.25, 0.3) is 0 Å². The Hall–Kier alpha value is -1.68. The molecule has 0 radical (unpaired) electrons. The summed E-state index contributed by atoms with van der Waals surface area (Å²) in [5, 5.41) is 10.6. The lowest BCUT2D eigenvalue weighted by Gasteiger charge is -2.12. The largest absolute Gasteiger partial charge is 0.352 e. The Bertz CT molecular complexity index is 775. The number of rotatable bonds is 7. The summed E-state index contributed by atoms with van der Waals surface area (Å²) < 4.78 is 0. The zero-order valence-corrected chi connectivity index (χ0v) is 19.4. The zero-order chi connectivity index (χ0) is 18.9. The van der Waals surface area contributed by atoms with Crippen molar-refractivity contribution < 1.29 is 4.79 Å². The monoisotopic (exact) mass is 501 g/mol. The second kappa shape index (κ2) is 11.9. The lowest BCUT2D eigenvalue weighted by Crippen LogP contribution is -2.36. The van der Waals surface area contributed by atoms with Crippen molar-refractivity contribution in [3.05, 3.63) is 51.0 Å². The van der Waals surface area contributed by atoms with Gasteiger partial charge in [0.05, 0.1) is 17.2 Å². The Kier molecular flexibility index (Phi) is 10.3. The smallest absolute Gasteiger partial charge is 0.251 e. The maximum atomic E-state index is 12.1. The van der Waals surface area contributed by atoms with Gasteiger partial charge in [-0.1, -0.05) is 19.1 Å². The second-order valence-corrected chi connectivity index (χ2v) is 7.26. The summed E-state index contributed by atoms with van der Waals surface area (Å²) in [6, 6.07) is 7.63. The molecule has 2 aromatic rings. The van der Waals surface area contributed by atoms with Crippen LogP contribution in [0.2, 0.25) is 0 Å². The SMILES string of the molecule is CCCNC(=O)c1cccc(CNC(=NC)NCc2sc(C)nc2C)c1.I. The fraction of sp³-hybridized carbons (Fsp3) is 0.421. The molecule has 6 nitrogen and oxygen atoms in total. The van der Waals surface area contributed by atoms with E-state index in [9.17, 15) is 4.79 Å². The van der Waals surface area contributed by atoms with E-state index < -0.39 is 0 Å². The molecule has 1 aromatic heterocycles. The highest BCUT2D eigenvalue weighted by Gasteiger charge is 2.07. The van der Waals surface area contributed by atoms with Crippen LogP contribution in [0.5, 0.6) is 0 Å². The fourth-order valence-electron chi connectivity index (χ4n) is 2.47. The topological polar surface area (TPSA) is 78.4 Å². The molecule has 148 valence electrons. The van der Waals surface area contributed by atoms with E-state index in [-0.39, 0.29) is 29.9 Å². The number of hydrogen-bond donors (Lipinski definition) is 3. The van der Waals surface area contributed by atoms with Gasteiger partial charge in [0, 0.05) is 30.6 Å². The summed E-state index contributed by atoms with van der Waals surface area (Å²) in [6.07, 6.45) is 0.924. The summed E-state index contributed by atoms with van der Waals surface area (Å²) in [5.74, 6) is 0.684. The average molecular weight is 501 g/mol. The third kappa shape index (κ3) is 7.45. The van der Waals surface area contributed by atoms with E-state index in [1.165, 1.54) is 4.88 Å². The molecule has 0 aliphatic rings. The molecular weight excluding hydrogens is 473 g/mol. The van der Waals surface area contributed by atoms with Crippen LogP contribution in [0.4, 0.5) is 0 Å². The van der Waals surface area contributed by atoms with Gasteiger partial charge in [0.2, 0.25) is 0 Å². The van der Waals surface area contributed by atoms with Crippen LogP contribution in [-0.4, -0.2) is 30.4 Å². The molecule has 3 N–H and O–H groups in total. The predicted molar refractivity (Wildman–Crippen MR) is 123 cm³/mol. The van der Waals surface area contributed by atoms with Gasteiger partial charge in [-0.3, -0.25) is 9.79 Å². The number of aromatic nitrogens is 1. The Morgan fingerprint density at radius 2 is 1.93 bits per heavy atom. The number of hydrogen-bond acceptors (Lipinski definition) is 4. The zero-order valence-electron chi connectivity index (χ0n) is 16.3. The first-order valence-electron chi connectivity index (χ1n) is 8.78. The molecule has 2 rings (SSSR count). The highest BCUT2D eigenvalue weighted by atomic mass is 127. The molecule has 0 saturated carbocycles. The quantitative estimate of drug-likeness (QED) is 0.309. The summed E-state index contributed by atoms with van der Waals surface area (Å²) in [6.45, 7) is 8.04. The molecule has 27 heavy (non-hydrogen) atoms. The van der Waals surface area contributed by atoms with Crippen molar-refractivity contribution in [2.45, 2.75) is 40.3 Å². The second-order valence-electron chi connectivity index (χ2n) is 5.98. The Balaban J connectivity index is 0.00000364. The lowest BCUT2D eigenvalue weighted by atomic mass is 10.1. The molecule has 0 aliphatic carbocycles. The third-order valence-corrected chi connectivity index (χ3v) is 4.90. The molecular formula is C19H28IN5OS. The van der Waals surface area contributed by atoms with E-state index in [2.05, 4.69) is 25.9 Å². The number of nitrogens with zero attached hydrogens (tertiary/aromatic N) is 2. The van der Waals surface area contributed by atoms with Crippen LogP contribution in [-0.2, 0) is 13.1 Å². The van der Waals surface area contributed by atoms with Gasteiger partial charge >= 0.3 is 0 Å². The van der Waals surface area contributed by atoms with Crippen LogP contribution in [0, 0.1) is 13.8 Å². The third-order valence-electron chi connectivity index (χ3n) is 3.82. The minimum Gasteiger partial charge on any atom is -0.352 e. The number of benzene rings is 1. The number of guanidine groups is 1. The molecule has 8 heteroatoms. The molecule has 0 aliphatic heterocycles. The van der Waals surface area contributed by atoms with E-state index in [1.807, 2.05) is 45.0 Å². The molecule has 0 atom stereocenters.